The third-order valence-corrected chi connectivity index (χ3v) is 8.80. The van der Waals surface area contributed by atoms with Crippen molar-refractivity contribution < 1.29 is 42.8 Å². The number of esters is 1. The van der Waals surface area contributed by atoms with E-state index in [0.29, 0.717) is 11.8 Å². The second-order valence-electron chi connectivity index (χ2n) is 11.9. The molecule has 9 nitrogen and oxygen atoms in total. The number of hydrogen-bond acceptors (Lipinski definition) is 8. The van der Waals surface area contributed by atoms with Gasteiger partial charge in [-0.05, 0) is 49.5 Å². The minimum atomic E-state index is -2.65. The summed E-state index contributed by atoms with van der Waals surface area (Å²) in [6, 6.07) is 7.52. The van der Waals surface area contributed by atoms with Crippen molar-refractivity contribution in [2.24, 2.45) is 35.3 Å². The summed E-state index contributed by atoms with van der Waals surface area (Å²) in [5, 5.41) is 9.48. The average molecular weight is 550 g/mol. The molecule has 3 saturated carbocycles. The zero-order valence-corrected chi connectivity index (χ0v) is 23.2. The van der Waals surface area contributed by atoms with Crippen LogP contribution in [0, 0.1) is 36.5 Å². The van der Waals surface area contributed by atoms with Gasteiger partial charge in [0.15, 0.2) is 0 Å². The lowest BCUT2D eigenvalue weighted by Gasteiger charge is -2.36. The molecular formula is C29H40FNO8. The van der Waals surface area contributed by atoms with E-state index in [9.17, 15) is 19.5 Å². The average Bonchev–Trinajstić information content (AvgIpc) is 3.33. The summed E-state index contributed by atoms with van der Waals surface area (Å²) in [6.45, 7) is 9.64. The number of hydrogen-bond donors (Lipinski definition) is 2. The van der Waals surface area contributed by atoms with E-state index < -0.39 is 53.5 Å². The Labute approximate surface area is 228 Å². The maximum absolute atomic E-state index is 15.3. The number of ether oxygens (including phenoxy) is 4. The number of benzene rings is 1. The summed E-state index contributed by atoms with van der Waals surface area (Å²) in [7, 11) is 0. The predicted molar refractivity (Wildman–Crippen MR) is 138 cm³/mol. The van der Waals surface area contributed by atoms with Crippen LogP contribution in [0.15, 0.2) is 24.3 Å². The Morgan fingerprint density at radius 3 is 2.38 bits per heavy atom. The molecule has 10 heteroatoms. The molecule has 3 N–H and O–H groups in total. The number of carbonyl (C=O) groups excluding carboxylic acids is 2. The molecule has 0 spiro atoms. The number of halogens is 1. The van der Waals surface area contributed by atoms with Crippen LogP contribution in [0.4, 0.5) is 9.18 Å². The number of nitrogens with two attached hydrogens (primary N) is 1. The molecule has 9 atom stereocenters. The van der Waals surface area contributed by atoms with Crippen LogP contribution in [0.3, 0.4) is 0 Å². The summed E-state index contributed by atoms with van der Waals surface area (Å²) >= 11 is 0. The van der Waals surface area contributed by atoms with Crippen LogP contribution in [0.2, 0.25) is 0 Å². The first kappa shape index (κ1) is 29.3. The first-order valence-corrected chi connectivity index (χ1v) is 13.7. The van der Waals surface area contributed by atoms with Crippen molar-refractivity contribution in [3.05, 3.63) is 35.4 Å². The van der Waals surface area contributed by atoms with E-state index in [0.717, 1.165) is 30.4 Å². The Morgan fingerprint density at radius 2 is 1.77 bits per heavy atom. The van der Waals surface area contributed by atoms with Crippen molar-refractivity contribution in [3.63, 3.8) is 0 Å². The molecule has 3 aliphatic rings. The molecule has 1 aromatic carbocycles. The molecule has 0 amide bonds. The fourth-order valence-corrected chi connectivity index (χ4v) is 6.49. The van der Waals surface area contributed by atoms with Gasteiger partial charge in [0, 0.05) is 18.8 Å². The predicted octanol–water partition coefficient (Wildman–Crippen LogP) is 4.52. The zero-order chi connectivity index (χ0) is 28.7. The molecule has 216 valence electrons. The van der Waals surface area contributed by atoms with Gasteiger partial charge in [-0.25, -0.2) is 18.8 Å². The van der Waals surface area contributed by atoms with E-state index in [2.05, 4.69) is 20.8 Å². The number of fused-ring (bicyclic) bond motifs is 1. The van der Waals surface area contributed by atoms with Gasteiger partial charge in [0.1, 0.15) is 11.6 Å². The highest BCUT2D eigenvalue weighted by Crippen LogP contribution is 2.67. The van der Waals surface area contributed by atoms with Gasteiger partial charge < -0.3 is 29.8 Å². The maximum Gasteiger partial charge on any atom is 0.511 e. The first-order chi connectivity index (χ1) is 18.3. The van der Waals surface area contributed by atoms with E-state index in [1.807, 2.05) is 31.2 Å². The van der Waals surface area contributed by atoms with Gasteiger partial charge in [0.2, 0.25) is 12.0 Å². The highest BCUT2D eigenvalue weighted by Gasteiger charge is 2.85. The smallest absolute Gasteiger partial charge is 0.479 e. The van der Waals surface area contributed by atoms with Crippen LogP contribution in [0.25, 0.3) is 0 Å². The summed E-state index contributed by atoms with van der Waals surface area (Å²) in [6.07, 6.45) is -0.996. The first-order valence-electron chi connectivity index (χ1n) is 13.7. The quantitative estimate of drug-likeness (QED) is 0.337. The Bertz CT molecular complexity index is 1080. The van der Waals surface area contributed by atoms with Gasteiger partial charge >= 0.3 is 18.1 Å². The number of alkyl halides is 1. The molecule has 3 fully saturated rings. The second kappa shape index (κ2) is 11.0. The number of carboxylic acids is 1. The van der Waals surface area contributed by atoms with E-state index in [1.165, 1.54) is 6.92 Å². The third kappa shape index (κ3) is 5.63. The van der Waals surface area contributed by atoms with E-state index >= 15 is 4.39 Å². The topological polar surface area (TPSA) is 134 Å². The second-order valence-corrected chi connectivity index (χ2v) is 11.9. The third-order valence-electron chi connectivity index (χ3n) is 8.80. The molecule has 0 saturated heterocycles. The molecule has 6 unspecified atom stereocenters. The monoisotopic (exact) mass is 549 g/mol. The van der Waals surface area contributed by atoms with Crippen molar-refractivity contribution in [1.29, 1.82) is 0 Å². The molecule has 0 radical (unpaired) electrons. The molecular weight excluding hydrogens is 509 g/mol. The molecule has 0 heterocycles. The van der Waals surface area contributed by atoms with Crippen molar-refractivity contribution >= 4 is 18.1 Å². The molecule has 39 heavy (non-hydrogen) atoms. The number of carbonyl (C=O) groups is 3. The highest BCUT2D eigenvalue weighted by molar-refractivity contribution is 5.91. The van der Waals surface area contributed by atoms with Gasteiger partial charge in [-0.1, -0.05) is 57.0 Å². The van der Waals surface area contributed by atoms with E-state index in [4.69, 9.17) is 24.7 Å². The highest BCUT2D eigenvalue weighted by atomic mass is 19.1. The molecule has 0 aliphatic heterocycles. The lowest BCUT2D eigenvalue weighted by Crippen LogP contribution is -2.61. The lowest BCUT2D eigenvalue weighted by molar-refractivity contribution is -0.184. The molecule has 3 aliphatic carbocycles. The summed E-state index contributed by atoms with van der Waals surface area (Å²) < 4.78 is 37.3. The summed E-state index contributed by atoms with van der Waals surface area (Å²) in [4.78, 5) is 37.6. The van der Waals surface area contributed by atoms with Crippen molar-refractivity contribution in [2.75, 3.05) is 0 Å². The standard InChI is InChI=1S/C29H40FNO8/c1-15(2)20-11-8-17(4)12-22(20)39-27(35)38-18(5)37-26(34)29(31)23(13-21-24(29)28(21,30)25(32)33)36-14-19-9-6-16(3)7-10-19/h6-7,9-10,15,17-18,20-24H,8,11-14,31H2,1-5H3,(H,32,33)/t17-,18?,20+,21?,22-,23?,24?,28?,29?/m1/s1. The van der Waals surface area contributed by atoms with Crippen LogP contribution < -0.4 is 5.73 Å². The van der Waals surface area contributed by atoms with Crippen molar-refractivity contribution in [2.45, 2.75) is 96.6 Å². The van der Waals surface area contributed by atoms with Crippen LogP contribution in [-0.2, 0) is 35.1 Å². The number of aryl methyl sites for hydroxylation is 1. The van der Waals surface area contributed by atoms with Gasteiger partial charge in [-0.3, -0.25) is 0 Å². The molecule has 0 bridgehead atoms. The fraction of sp³-hybridized carbons (Fsp3) is 0.690. The maximum atomic E-state index is 15.3. The zero-order valence-electron chi connectivity index (χ0n) is 23.2. The van der Waals surface area contributed by atoms with Crippen LogP contribution in [0.5, 0.6) is 0 Å². The number of carboxylic acid groups (broad SMARTS) is 1. The minimum absolute atomic E-state index is 0.0569. The van der Waals surface area contributed by atoms with Gasteiger partial charge in [-0.2, -0.15) is 0 Å². The Morgan fingerprint density at radius 1 is 1.10 bits per heavy atom. The number of rotatable bonds is 9. The molecule has 0 aromatic heterocycles. The Hall–Kier alpha value is -2.72. The Kier molecular flexibility index (Phi) is 8.28. The van der Waals surface area contributed by atoms with Crippen LogP contribution >= 0.6 is 0 Å². The van der Waals surface area contributed by atoms with Crippen molar-refractivity contribution in [1.82, 2.24) is 0 Å². The van der Waals surface area contributed by atoms with E-state index in [1.54, 1.807) is 0 Å². The Balaban J connectivity index is 1.41. The van der Waals surface area contributed by atoms with Crippen molar-refractivity contribution in [3.8, 4) is 0 Å². The van der Waals surface area contributed by atoms with Gasteiger partial charge in [-0.15, -0.1) is 0 Å². The molecule has 1 aromatic rings. The fourth-order valence-electron chi connectivity index (χ4n) is 6.49. The van der Waals surface area contributed by atoms with Crippen LogP contribution in [0.1, 0.15) is 64.5 Å². The van der Waals surface area contributed by atoms with Gasteiger partial charge in [0.05, 0.1) is 12.7 Å². The van der Waals surface area contributed by atoms with Crippen LogP contribution in [-0.4, -0.2) is 52.9 Å². The minimum Gasteiger partial charge on any atom is -0.479 e. The van der Waals surface area contributed by atoms with E-state index in [-0.39, 0.29) is 25.0 Å². The number of aliphatic carboxylic acids is 1. The largest absolute Gasteiger partial charge is 0.511 e. The van der Waals surface area contributed by atoms with Gasteiger partial charge in [0.25, 0.3) is 0 Å². The SMILES string of the molecule is Cc1ccc(COC2CC3C(C2(N)C(=O)OC(C)OC(=O)O[C@@H]2C[C@H](C)CC[C@H]2C(C)C)C3(F)C(=O)O)cc1. The molecule has 4 rings (SSSR count). The normalized spacial score (nSPS) is 36.1. The summed E-state index contributed by atoms with van der Waals surface area (Å²) in [5.74, 6) is -4.15. The lowest BCUT2D eigenvalue weighted by atomic mass is 9.75. The summed E-state index contributed by atoms with van der Waals surface area (Å²) in [5.41, 5.74) is 3.61.